The number of Topliss-reactive ketones (excluding diaryl/α,β-unsaturated/α-hetero) is 2. The van der Waals surface area contributed by atoms with Crippen molar-refractivity contribution in [1.82, 2.24) is 0 Å². The molecule has 2 rings (SSSR count). The Morgan fingerprint density at radius 1 is 1.11 bits per heavy atom. The third kappa shape index (κ3) is 3.09. The van der Waals surface area contributed by atoms with Crippen molar-refractivity contribution in [3.8, 4) is 11.5 Å². The van der Waals surface area contributed by atoms with E-state index < -0.39 is 0 Å². The van der Waals surface area contributed by atoms with Crippen LogP contribution in [0, 0.1) is 0 Å². The van der Waals surface area contributed by atoms with Crippen LogP contribution in [0.4, 0.5) is 0 Å². The molecule has 1 aliphatic rings. The summed E-state index contributed by atoms with van der Waals surface area (Å²) < 4.78 is 11.0. The molecule has 0 aromatic heterocycles. The van der Waals surface area contributed by atoms with E-state index >= 15 is 0 Å². The highest BCUT2D eigenvalue weighted by atomic mass is 16.5. The van der Waals surface area contributed by atoms with Crippen LogP contribution in [-0.2, 0) is 4.79 Å². The zero-order valence-corrected chi connectivity index (χ0v) is 10.4. The molecule has 1 heterocycles. The van der Waals surface area contributed by atoms with Gasteiger partial charge < -0.3 is 14.3 Å². The summed E-state index contributed by atoms with van der Waals surface area (Å²) in [6, 6.07) is 5.17. The number of carbonyl (C=O) groups is 2. The van der Waals surface area contributed by atoms with E-state index in [2.05, 4.69) is 0 Å². The minimum Gasteiger partial charge on any atom is -0.490 e. The molecule has 0 bridgehead atoms. The maximum absolute atomic E-state index is 11.9. The second-order valence-corrected chi connectivity index (χ2v) is 4.34. The zero-order chi connectivity index (χ0) is 13.0. The van der Waals surface area contributed by atoms with Gasteiger partial charge in [0.2, 0.25) is 0 Å². The van der Waals surface area contributed by atoms with Crippen LogP contribution in [0.25, 0.3) is 0 Å². The van der Waals surface area contributed by atoms with Gasteiger partial charge in [-0.3, -0.25) is 4.79 Å². The van der Waals surface area contributed by atoms with Crippen LogP contribution >= 0.6 is 0 Å². The number of fused-ring (bicyclic) bond motifs is 1. The first-order valence-electron chi connectivity index (χ1n) is 6.09. The van der Waals surface area contributed by atoms with Crippen LogP contribution in [0.5, 0.6) is 11.5 Å². The van der Waals surface area contributed by atoms with Crippen LogP contribution in [0.3, 0.4) is 0 Å². The molecule has 0 N–H and O–H groups in total. The van der Waals surface area contributed by atoms with Crippen molar-refractivity contribution >= 4 is 11.6 Å². The van der Waals surface area contributed by atoms with E-state index in [4.69, 9.17) is 9.47 Å². The van der Waals surface area contributed by atoms with Crippen molar-refractivity contribution in [3.05, 3.63) is 23.8 Å². The molecule has 1 aromatic carbocycles. The van der Waals surface area contributed by atoms with E-state index in [9.17, 15) is 9.59 Å². The molecule has 0 fully saturated rings. The number of carbonyl (C=O) groups excluding carboxylic acids is 2. The lowest BCUT2D eigenvalue weighted by atomic mass is 10.0. The number of rotatable bonds is 4. The molecule has 18 heavy (non-hydrogen) atoms. The first kappa shape index (κ1) is 12.6. The number of ether oxygens (including phenoxy) is 2. The number of benzene rings is 1. The molecule has 0 unspecified atom stereocenters. The van der Waals surface area contributed by atoms with Crippen LogP contribution < -0.4 is 9.47 Å². The second-order valence-electron chi connectivity index (χ2n) is 4.34. The normalized spacial score (nSPS) is 13.8. The van der Waals surface area contributed by atoms with Gasteiger partial charge in [-0.25, -0.2) is 0 Å². The van der Waals surface area contributed by atoms with Crippen LogP contribution in [0.15, 0.2) is 18.2 Å². The Kier molecular flexibility index (Phi) is 3.97. The lowest BCUT2D eigenvalue weighted by Crippen LogP contribution is -2.03. The lowest BCUT2D eigenvalue weighted by Gasteiger charge is -2.08. The average Bonchev–Trinajstić information content (AvgIpc) is 2.60. The van der Waals surface area contributed by atoms with Gasteiger partial charge in [0, 0.05) is 24.8 Å². The third-order valence-corrected chi connectivity index (χ3v) is 2.77. The van der Waals surface area contributed by atoms with Gasteiger partial charge >= 0.3 is 0 Å². The van der Waals surface area contributed by atoms with Crippen LogP contribution in [0.1, 0.15) is 36.5 Å². The summed E-state index contributed by atoms with van der Waals surface area (Å²) in [4.78, 5) is 22.7. The van der Waals surface area contributed by atoms with Gasteiger partial charge in [0.15, 0.2) is 17.3 Å². The molecular weight excluding hydrogens is 232 g/mol. The summed E-state index contributed by atoms with van der Waals surface area (Å²) in [6.07, 6.45) is 1.37. The Hall–Kier alpha value is -1.84. The fourth-order valence-corrected chi connectivity index (χ4v) is 1.77. The Labute approximate surface area is 106 Å². The van der Waals surface area contributed by atoms with Gasteiger partial charge in [-0.1, -0.05) is 0 Å². The van der Waals surface area contributed by atoms with Gasteiger partial charge in [-0.05, 0) is 25.1 Å². The molecule has 1 aromatic rings. The van der Waals surface area contributed by atoms with Crippen molar-refractivity contribution in [3.63, 3.8) is 0 Å². The summed E-state index contributed by atoms with van der Waals surface area (Å²) in [5, 5.41) is 0. The second kappa shape index (κ2) is 5.67. The third-order valence-electron chi connectivity index (χ3n) is 2.77. The van der Waals surface area contributed by atoms with Crippen molar-refractivity contribution in [2.24, 2.45) is 0 Å². The molecule has 0 amide bonds. The van der Waals surface area contributed by atoms with Crippen LogP contribution in [-0.4, -0.2) is 24.8 Å². The highest BCUT2D eigenvalue weighted by Crippen LogP contribution is 2.30. The van der Waals surface area contributed by atoms with E-state index in [0.717, 1.165) is 6.42 Å². The van der Waals surface area contributed by atoms with Crippen LogP contribution in [0.2, 0.25) is 0 Å². The summed E-state index contributed by atoms with van der Waals surface area (Å²) in [5.74, 6) is 1.27. The maximum Gasteiger partial charge on any atom is 0.163 e. The van der Waals surface area contributed by atoms with Crippen molar-refractivity contribution in [2.75, 3.05) is 13.2 Å². The largest absolute Gasteiger partial charge is 0.490 e. The molecule has 0 spiro atoms. The fourth-order valence-electron chi connectivity index (χ4n) is 1.77. The lowest BCUT2D eigenvalue weighted by molar-refractivity contribution is -0.116. The fraction of sp³-hybridized carbons (Fsp3) is 0.429. The Balaban J connectivity index is 2.12. The Bertz CT molecular complexity index is 465. The number of hydrogen-bond donors (Lipinski definition) is 0. The minimum absolute atomic E-state index is 0.0256. The van der Waals surface area contributed by atoms with E-state index in [1.54, 1.807) is 18.2 Å². The minimum atomic E-state index is -0.0409. The van der Waals surface area contributed by atoms with E-state index in [1.807, 2.05) is 0 Å². The predicted molar refractivity (Wildman–Crippen MR) is 66.3 cm³/mol. The molecule has 1 aliphatic heterocycles. The van der Waals surface area contributed by atoms with Gasteiger partial charge in [0.1, 0.15) is 5.78 Å². The van der Waals surface area contributed by atoms with Crippen molar-refractivity contribution in [1.29, 1.82) is 0 Å². The predicted octanol–water partition coefficient (Wildman–Crippen LogP) is 2.40. The highest BCUT2D eigenvalue weighted by molar-refractivity contribution is 5.98. The van der Waals surface area contributed by atoms with Gasteiger partial charge in [0.25, 0.3) is 0 Å². The van der Waals surface area contributed by atoms with E-state index in [-0.39, 0.29) is 24.4 Å². The quantitative estimate of drug-likeness (QED) is 0.768. The van der Waals surface area contributed by atoms with E-state index in [1.165, 1.54) is 6.92 Å². The molecule has 0 aliphatic carbocycles. The summed E-state index contributed by atoms with van der Waals surface area (Å²) in [5.41, 5.74) is 0.570. The summed E-state index contributed by atoms with van der Waals surface area (Å²) in [6.45, 7) is 2.71. The molecular formula is C14H16O4. The first-order valence-corrected chi connectivity index (χ1v) is 6.09. The Morgan fingerprint density at radius 3 is 2.56 bits per heavy atom. The molecule has 0 atom stereocenters. The molecule has 4 heteroatoms. The first-order chi connectivity index (χ1) is 8.66. The summed E-state index contributed by atoms with van der Waals surface area (Å²) in [7, 11) is 0. The topological polar surface area (TPSA) is 52.6 Å². The maximum atomic E-state index is 11.9. The average molecular weight is 248 g/mol. The summed E-state index contributed by atoms with van der Waals surface area (Å²) >= 11 is 0. The zero-order valence-electron chi connectivity index (χ0n) is 10.4. The Morgan fingerprint density at radius 2 is 1.83 bits per heavy atom. The van der Waals surface area contributed by atoms with Crippen molar-refractivity contribution < 1.29 is 19.1 Å². The molecule has 0 radical (unpaired) electrons. The smallest absolute Gasteiger partial charge is 0.163 e. The molecule has 96 valence electrons. The monoisotopic (exact) mass is 248 g/mol. The van der Waals surface area contributed by atoms with E-state index in [0.29, 0.717) is 30.3 Å². The van der Waals surface area contributed by atoms with Gasteiger partial charge in [-0.2, -0.15) is 0 Å². The highest BCUT2D eigenvalue weighted by Gasteiger charge is 2.14. The molecule has 0 saturated heterocycles. The number of ketones is 2. The molecule has 0 saturated carbocycles. The van der Waals surface area contributed by atoms with Gasteiger partial charge in [0.05, 0.1) is 13.2 Å². The number of hydrogen-bond acceptors (Lipinski definition) is 4. The SMILES string of the molecule is CC(=O)CCC(=O)c1ccc2c(c1)OCCCO2. The van der Waals surface area contributed by atoms with Gasteiger partial charge in [-0.15, -0.1) is 0 Å². The molecule has 4 nitrogen and oxygen atoms in total. The van der Waals surface area contributed by atoms with Crippen molar-refractivity contribution in [2.45, 2.75) is 26.2 Å². The standard InChI is InChI=1S/C14H16O4/c1-10(15)3-5-12(16)11-4-6-13-14(9-11)18-8-2-7-17-13/h4,6,9H,2-3,5,7-8H2,1H3.